The number of rotatable bonds is 20. The number of ether oxygens (including phenoxy) is 2. The van der Waals surface area contributed by atoms with Gasteiger partial charge in [-0.25, -0.2) is 4.98 Å². The number of aryl methyl sites for hydroxylation is 1. The van der Waals surface area contributed by atoms with Crippen LogP contribution < -0.4 is 27.0 Å². The van der Waals surface area contributed by atoms with E-state index in [0.717, 1.165) is 31.6 Å². The number of nitrogens with two attached hydrogens (primary N) is 1. The summed E-state index contributed by atoms with van der Waals surface area (Å²) in [7, 11) is 0. The average molecular weight is 595 g/mol. The molecule has 1 amide bonds. The molecule has 234 valence electrons. The largest absolute Gasteiger partial charge is 0.378 e. The highest BCUT2D eigenvalue weighted by Crippen LogP contribution is 2.24. The molecule has 1 aromatic carbocycles. The molecule has 1 saturated carbocycles. The van der Waals surface area contributed by atoms with Crippen molar-refractivity contribution in [1.82, 2.24) is 29.8 Å². The van der Waals surface area contributed by atoms with Gasteiger partial charge < -0.3 is 41.0 Å². The number of anilines is 3. The molecule has 1 fully saturated rings. The Labute approximate surface area is 253 Å². The number of amides is 1. The van der Waals surface area contributed by atoms with Crippen molar-refractivity contribution < 1.29 is 14.3 Å². The summed E-state index contributed by atoms with van der Waals surface area (Å²) in [4.78, 5) is 30.4. The summed E-state index contributed by atoms with van der Waals surface area (Å²) in [6.07, 6.45) is 12.9. The highest BCUT2D eigenvalue weighted by molar-refractivity contribution is 5.94. The molecule has 0 unspecified atom stereocenters. The Morgan fingerprint density at radius 1 is 0.884 bits per heavy atom. The number of hydrogen-bond acceptors (Lipinski definition) is 11. The van der Waals surface area contributed by atoms with Gasteiger partial charge in [-0.05, 0) is 42.9 Å². The van der Waals surface area contributed by atoms with Crippen LogP contribution in [0.1, 0.15) is 54.4 Å². The lowest BCUT2D eigenvalue weighted by molar-refractivity contribution is 0.0511. The lowest BCUT2D eigenvalue weighted by Gasteiger charge is -2.21. The molecule has 0 spiro atoms. The molecule has 1 aliphatic rings. The lowest BCUT2D eigenvalue weighted by Crippen LogP contribution is -2.27. The fourth-order valence-corrected chi connectivity index (χ4v) is 4.82. The van der Waals surface area contributed by atoms with Crippen LogP contribution in [0.25, 0.3) is 0 Å². The maximum absolute atomic E-state index is 12.5. The number of carbonyl (C=O) groups is 1. The van der Waals surface area contributed by atoms with Gasteiger partial charge in [-0.1, -0.05) is 31.4 Å². The molecule has 0 bridgehead atoms. The monoisotopic (exact) mass is 594 g/mol. The molecular weight excluding hydrogens is 548 g/mol. The Hall–Kier alpha value is -3.81. The maximum Gasteiger partial charge on any atom is 0.251 e. The highest BCUT2D eigenvalue weighted by Gasteiger charge is 2.14. The van der Waals surface area contributed by atoms with Crippen LogP contribution in [0.2, 0.25) is 0 Å². The van der Waals surface area contributed by atoms with E-state index < -0.39 is 0 Å². The van der Waals surface area contributed by atoms with Gasteiger partial charge in [-0.3, -0.25) is 4.79 Å². The number of nitrogens with one attached hydrogen (secondary N) is 4. The predicted octanol–water partition coefficient (Wildman–Crippen LogP) is 2.90. The van der Waals surface area contributed by atoms with Gasteiger partial charge in [0.25, 0.3) is 5.91 Å². The first kappa shape index (κ1) is 32.1. The highest BCUT2D eigenvalue weighted by atomic mass is 16.5. The molecule has 2 heterocycles. The Morgan fingerprint density at radius 3 is 2.33 bits per heavy atom. The van der Waals surface area contributed by atoms with Crippen LogP contribution in [0, 0.1) is 5.92 Å². The zero-order valence-electron chi connectivity index (χ0n) is 25.0. The van der Waals surface area contributed by atoms with E-state index in [1.165, 1.54) is 32.1 Å². The van der Waals surface area contributed by atoms with Crippen LogP contribution in [0.15, 0.2) is 43.0 Å². The molecular formula is C30H46N10O3. The summed E-state index contributed by atoms with van der Waals surface area (Å²) in [6, 6.07) is 7.47. The van der Waals surface area contributed by atoms with Crippen molar-refractivity contribution >= 4 is 23.8 Å². The Morgan fingerprint density at radius 2 is 1.60 bits per heavy atom. The first-order valence-corrected chi connectivity index (χ1v) is 15.4. The fourth-order valence-electron chi connectivity index (χ4n) is 4.82. The van der Waals surface area contributed by atoms with Crippen molar-refractivity contribution in [2.75, 3.05) is 68.6 Å². The van der Waals surface area contributed by atoms with Gasteiger partial charge >= 0.3 is 0 Å². The van der Waals surface area contributed by atoms with Crippen LogP contribution in [-0.2, 0) is 22.6 Å². The van der Waals surface area contributed by atoms with E-state index in [2.05, 4.69) is 41.2 Å². The molecule has 13 nitrogen and oxygen atoms in total. The van der Waals surface area contributed by atoms with E-state index in [1.54, 1.807) is 6.20 Å². The summed E-state index contributed by atoms with van der Waals surface area (Å²) < 4.78 is 12.7. The zero-order valence-corrected chi connectivity index (χ0v) is 25.0. The number of nitrogens with zero attached hydrogens (tertiary/aromatic N) is 5. The summed E-state index contributed by atoms with van der Waals surface area (Å²) in [5.74, 6) is 2.11. The third-order valence-electron chi connectivity index (χ3n) is 7.18. The van der Waals surface area contributed by atoms with Crippen LogP contribution in [0.4, 0.5) is 17.8 Å². The Bertz CT molecular complexity index is 1190. The van der Waals surface area contributed by atoms with Gasteiger partial charge in [-0.15, -0.1) is 0 Å². The second kappa shape index (κ2) is 18.7. The third-order valence-corrected chi connectivity index (χ3v) is 7.18. The van der Waals surface area contributed by atoms with E-state index in [4.69, 9.17) is 15.2 Å². The number of aromatic nitrogens is 5. The van der Waals surface area contributed by atoms with Crippen molar-refractivity contribution in [3.63, 3.8) is 0 Å². The van der Waals surface area contributed by atoms with Crippen LogP contribution in [0.5, 0.6) is 0 Å². The van der Waals surface area contributed by atoms with Crippen molar-refractivity contribution in [2.24, 2.45) is 11.7 Å². The molecule has 2 aromatic heterocycles. The van der Waals surface area contributed by atoms with E-state index in [-0.39, 0.29) is 5.91 Å². The molecule has 0 radical (unpaired) electrons. The van der Waals surface area contributed by atoms with Gasteiger partial charge in [-0.2, -0.15) is 15.0 Å². The molecule has 3 aromatic rings. The SMILES string of the molecule is NCCOCCOCCNC(=O)c1ccc(CNc2nc(NCCCn3ccnc3)nc(NCC3CCCCC3)n2)cc1. The average Bonchev–Trinajstić information content (AvgIpc) is 3.57. The predicted molar refractivity (Wildman–Crippen MR) is 167 cm³/mol. The lowest BCUT2D eigenvalue weighted by atomic mass is 9.89. The Balaban J connectivity index is 1.25. The second-order valence-corrected chi connectivity index (χ2v) is 10.6. The van der Waals surface area contributed by atoms with Gasteiger partial charge in [0.2, 0.25) is 17.8 Å². The Kier molecular flexibility index (Phi) is 13.9. The van der Waals surface area contributed by atoms with Crippen molar-refractivity contribution in [2.45, 2.75) is 51.6 Å². The zero-order chi connectivity index (χ0) is 30.0. The molecule has 0 saturated heterocycles. The van der Waals surface area contributed by atoms with Crippen molar-refractivity contribution in [3.05, 3.63) is 54.1 Å². The topological polar surface area (TPSA) is 166 Å². The van der Waals surface area contributed by atoms with Crippen molar-refractivity contribution in [1.29, 1.82) is 0 Å². The number of carbonyl (C=O) groups excluding carboxylic acids is 1. The number of benzene rings is 1. The second-order valence-electron chi connectivity index (χ2n) is 10.6. The smallest absolute Gasteiger partial charge is 0.251 e. The maximum atomic E-state index is 12.5. The van der Waals surface area contributed by atoms with Gasteiger partial charge in [0.05, 0.1) is 32.8 Å². The van der Waals surface area contributed by atoms with Crippen LogP contribution in [0.3, 0.4) is 0 Å². The van der Waals surface area contributed by atoms with Gasteiger partial charge in [0.1, 0.15) is 0 Å². The molecule has 1 aliphatic carbocycles. The van der Waals surface area contributed by atoms with Crippen LogP contribution >= 0.6 is 0 Å². The standard InChI is InChI=1S/C30H46N10O3/c31-11-17-42-19-20-43-18-14-33-27(41)26-9-7-25(8-10-26)22-36-30-38-28(34-12-4-15-40-16-13-32-23-40)37-29(39-30)35-21-24-5-2-1-3-6-24/h7-10,13,16,23-24H,1-6,11-12,14-15,17-22,31H2,(H,33,41)(H3,34,35,36,37,38,39). The third kappa shape index (κ3) is 12.1. The molecule has 6 N–H and O–H groups in total. The summed E-state index contributed by atoms with van der Waals surface area (Å²) in [5, 5.41) is 13.0. The number of hydrogen-bond donors (Lipinski definition) is 5. The summed E-state index contributed by atoms with van der Waals surface area (Å²) in [6.45, 7) is 5.79. The normalized spacial score (nSPS) is 13.5. The van der Waals surface area contributed by atoms with E-state index >= 15 is 0 Å². The number of imidazole rings is 1. The van der Waals surface area contributed by atoms with E-state index in [9.17, 15) is 4.79 Å². The fraction of sp³-hybridized carbons (Fsp3) is 0.567. The van der Waals surface area contributed by atoms with Gasteiger partial charge in [0.15, 0.2) is 0 Å². The quantitative estimate of drug-likeness (QED) is 0.122. The van der Waals surface area contributed by atoms with E-state index in [1.807, 2.05) is 41.4 Å². The molecule has 4 rings (SSSR count). The molecule has 0 aliphatic heterocycles. The minimum absolute atomic E-state index is 0.141. The first-order chi connectivity index (χ1) is 21.2. The van der Waals surface area contributed by atoms with Crippen molar-refractivity contribution in [3.8, 4) is 0 Å². The molecule has 43 heavy (non-hydrogen) atoms. The minimum Gasteiger partial charge on any atom is -0.378 e. The summed E-state index contributed by atoms with van der Waals surface area (Å²) >= 11 is 0. The van der Waals surface area contributed by atoms with Crippen LogP contribution in [-0.4, -0.2) is 83.0 Å². The first-order valence-electron chi connectivity index (χ1n) is 15.4. The van der Waals surface area contributed by atoms with E-state index in [0.29, 0.717) is 75.4 Å². The minimum atomic E-state index is -0.141. The molecule has 13 heteroatoms. The summed E-state index contributed by atoms with van der Waals surface area (Å²) in [5.41, 5.74) is 6.97. The van der Waals surface area contributed by atoms with Gasteiger partial charge in [0, 0.05) is 57.2 Å². The molecule has 0 atom stereocenters.